The highest BCUT2D eigenvalue weighted by molar-refractivity contribution is 5.53. The van der Waals surface area contributed by atoms with Crippen LogP contribution in [0.4, 0.5) is 14.5 Å². The molecule has 0 aromatic heterocycles. The highest BCUT2D eigenvalue weighted by Gasteiger charge is 2.16. The average Bonchev–Trinajstić information content (AvgIpc) is 2.79. The van der Waals surface area contributed by atoms with Gasteiger partial charge in [-0.25, -0.2) is 8.78 Å². The Bertz CT molecular complexity index is 749. The first kappa shape index (κ1) is 15.1. The summed E-state index contributed by atoms with van der Waals surface area (Å²) in [5.74, 6) is -0.393. The van der Waals surface area contributed by atoms with Gasteiger partial charge in [0.05, 0.1) is 24.8 Å². The van der Waals surface area contributed by atoms with Crippen LogP contribution < -0.4 is 14.8 Å². The SMILES string of the molecule is N#Cc1cc(F)c(NCc2cccc3c2OCCCO3)c(F)c1. The zero-order valence-electron chi connectivity index (χ0n) is 12.2. The molecule has 0 fully saturated rings. The second-order valence-corrected chi connectivity index (χ2v) is 5.08. The maximum absolute atomic E-state index is 13.9. The molecule has 1 heterocycles. The molecule has 3 rings (SSSR count). The van der Waals surface area contributed by atoms with Crippen LogP contribution in [0.5, 0.6) is 11.5 Å². The van der Waals surface area contributed by atoms with E-state index in [0.29, 0.717) is 24.7 Å². The quantitative estimate of drug-likeness (QED) is 0.940. The Kier molecular flexibility index (Phi) is 4.29. The van der Waals surface area contributed by atoms with Crippen molar-refractivity contribution in [2.24, 2.45) is 0 Å². The first-order valence-corrected chi connectivity index (χ1v) is 7.19. The van der Waals surface area contributed by atoms with E-state index in [9.17, 15) is 8.78 Å². The van der Waals surface area contributed by atoms with Gasteiger partial charge in [-0.3, -0.25) is 0 Å². The second-order valence-electron chi connectivity index (χ2n) is 5.08. The average molecular weight is 316 g/mol. The maximum Gasteiger partial charge on any atom is 0.166 e. The molecule has 2 aromatic rings. The number of para-hydroxylation sites is 1. The van der Waals surface area contributed by atoms with Crippen LogP contribution in [0.1, 0.15) is 17.5 Å². The number of fused-ring (bicyclic) bond motifs is 1. The molecule has 2 aromatic carbocycles. The summed E-state index contributed by atoms with van der Waals surface area (Å²) in [6, 6.07) is 9.11. The Hall–Kier alpha value is -2.81. The van der Waals surface area contributed by atoms with Crippen LogP contribution in [0.15, 0.2) is 30.3 Å². The van der Waals surface area contributed by atoms with Gasteiger partial charge in [0.2, 0.25) is 0 Å². The van der Waals surface area contributed by atoms with E-state index in [1.54, 1.807) is 24.3 Å². The molecule has 0 radical (unpaired) electrons. The molecule has 0 aliphatic carbocycles. The van der Waals surface area contributed by atoms with Crippen LogP contribution >= 0.6 is 0 Å². The van der Waals surface area contributed by atoms with Crippen molar-refractivity contribution >= 4 is 5.69 Å². The van der Waals surface area contributed by atoms with Gasteiger partial charge in [-0.1, -0.05) is 12.1 Å². The largest absolute Gasteiger partial charge is 0.490 e. The highest BCUT2D eigenvalue weighted by atomic mass is 19.1. The molecule has 0 unspecified atom stereocenters. The summed E-state index contributed by atoms with van der Waals surface area (Å²) < 4.78 is 39.0. The molecular formula is C17H14F2N2O2. The number of halogens is 2. The number of anilines is 1. The molecule has 0 amide bonds. The van der Waals surface area contributed by atoms with Crippen molar-refractivity contribution in [2.45, 2.75) is 13.0 Å². The van der Waals surface area contributed by atoms with Gasteiger partial charge in [0.15, 0.2) is 23.1 Å². The smallest absolute Gasteiger partial charge is 0.166 e. The molecule has 0 saturated heterocycles. The number of rotatable bonds is 3. The summed E-state index contributed by atoms with van der Waals surface area (Å²) >= 11 is 0. The molecule has 0 spiro atoms. The number of nitrogens with one attached hydrogen (secondary N) is 1. The van der Waals surface area contributed by atoms with Crippen LogP contribution in [-0.2, 0) is 6.54 Å². The molecule has 0 saturated carbocycles. The monoisotopic (exact) mass is 316 g/mol. The predicted molar refractivity (Wildman–Crippen MR) is 80.4 cm³/mol. The molecule has 1 aliphatic heterocycles. The van der Waals surface area contributed by atoms with Crippen molar-refractivity contribution in [3.8, 4) is 17.6 Å². The highest BCUT2D eigenvalue weighted by Crippen LogP contribution is 2.34. The summed E-state index contributed by atoms with van der Waals surface area (Å²) in [6.07, 6.45) is 0.778. The fourth-order valence-electron chi connectivity index (χ4n) is 2.38. The predicted octanol–water partition coefficient (Wildman–Crippen LogP) is 3.61. The van der Waals surface area contributed by atoms with Crippen molar-refractivity contribution in [3.05, 3.63) is 53.1 Å². The van der Waals surface area contributed by atoms with Crippen LogP contribution in [0.3, 0.4) is 0 Å². The van der Waals surface area contributed by atoms with Crippen molar-refractivity contribution in [3.63, 3.8) is 0 Å². The topological polar surface area (TPSA) is 54.3 Å². The number of nitrogens with zero attached hydrogens (tertiary/aromatic N) is 1. The Labute approximate surface area is 132 Å². The Balaban J connectivity index is 1.83. The fraction of sp³-hybridized carbons (Fsp3) is 0.235. The van der Waals surface area contributed by atoms with E-state index in [1.165, 1.54) is 0 Å². The summed E-state index contributed by atoms with van der Waals surface area (Å²) in [4.78, 5) is 0. The van der Waals surface area contributed by atoms with Crippen LogP contribution in [0, 0.1) is 23.0 Å². The molecule has 6 heteroatoms. The van der Waals surface area contributed by atoms with Crippen molar-refractivity contribution in [1.82, 2.24) is 0 Å². The first-order chi connectivity index (χ1) is 11.2. The van der Waals surface area contributed by atoms with Gasteiger partial charge in [-0.2, -0.15) is 5.26 Å². The van der Waals surface area contributed by atoms with E-state index >= 15 is 0 Å². The Morgan fingerprint density at radius 2 is 1.87 bits per heavy atom. The summed E-state index contributed by atoms with van der Waals surface area (Å²) in [6.45, 7) is 1.28. The van der Waals surface area contributed by atoms with Crippen LogP contribution in [0.25, 0.3) is 0 Å². The third-order valence-corrected chi connectivity index (χ3v) is 3.48. The lowest BCUT2D eigenvalue weighted by Gasteiger charge is -2.14. The lowest BCUT2D eigenvalue weighted by atomic mass is 10.1. The zero-order chi connectivity index (χ0) is 16.2. The van der Waals surface area contributed by atoms with E-state index in [1.807, 2.05) is 0 Å². The molecule has 23 heavy (non-hydrogen) atoms. The minimum Gasteiger partial charge on any atom is -0.490 e. The number of nitriles is 1. The van der Waals surface area contributed by atoms with E-state index in [0.717, 1.165) is 24.1 Å². The van der Waals surface area contributed by atoms with Gasteiger partial charge in [0.25, 0.3) is 0 Å². The summed E-state index contributed by atoms with van der Waals surface area (Å²) in [7, 11) is 0. The first-order valence-electron chi connectivity index (χ1n) is 7.19. The molecule has 0 atom stereocenters. The summed E-state index contributed by atoms with van der Waals surface area (Å²) in [5, 5.41) is 11.4. The van der Waals surface area contributed by atoms with Gasteiger partial charge in [-0.05, 0) is 18.2 Å². The third-order valence-electron chi connectivity index (χ3n) is 3.48. The maximum atomic E-state index is 13.9. The van der Waals surface area contributed by atoms with Crippen LogP contribution in [-0.4, -0.2) is 13.2 Å². The molecule has 4 nitrogen and oxygen atoms in total. The molecule has 1 aliphatic rings. The Morgan fingerprint density at radius 3 is 2.61 bits per heavy atom. The fourth-order valence-corrected chi connectivity index (χ4v) is 2.38. The third kappa shape index (κ3) is 3.19. The van der Waals surface area contributed by atoms with E-state index in [2.05, 4.69) is 5.32 Å². The summed E-state index contributed by atoms with van der Waals surface area (Å²) in [5.41, 5.74) is 0.416. The normalized spacial score (nSPS) is 13.1. The minimum atomic E-state index is -0.805. The zero-order valence-corrected chi connectivity index (χ0v) is 12.2. The van der Waals surface area contributed by atoms with Crippen molar-refractivity contribution < 1.29 is 18.3 Å². The van der Waals surface area contributed by atoms with Gasteiger partial charge >= 0.3 is 0 Å². The van der Waals surface area contributed by atoms with Gasteiger partial charge in [0.1, 0.15) is 5.69 Å². The Morgan fingerprint density at radius 1 is 1.13 bits per heavy atom. The van der Waals surface area contributed by atoms with Gasteiger partial charge in [-0.15, -0.1) is 0 Å². The molecule has 1 N–H and O–H groups in total. The van der Waals surface area contributed by atoms with E-state index in [-0.39, 0.29) is 17.8 Å². The molecule has 0 bridgehead atoms. The number of hydrogen-bond donors (Lipinski definition) is 1. The molecule has 118 valence electrons. The van der Waals surface area contributed by atoms with Gasteiger partial charge in [0, 0.05) is 18.5 Å². The standard InChI is InChI=1S/C17H14F2N2O2/c18-13-7-11(9-20)8-14(19)16(13)21-10-12-3-1-4-15-17(12)23-6-2-5-22-15/h1,3-4,7-8,21H,2,5-6,10H2. The van der Waals surface area contributed by atoms with Crippen molar-refractivity contribution in [1.29, 1.82) is 5.26 Å². The number of hydrogen-bond acceptors (Lipinski definition) is 4. The lowest BCUT2D eigenvalue weighted by Crippen LogP contribution is -2.06. The minimum absolute atomic E-state index is 0.0594. The van der Waals surface area contributed by atoms with Crippen molar-refractivity contribution in [2.75, 3.05) is 18.5 Å². The van der Waals surface area contributed by atoms with Crippen LogP contribution in [0.2, 0.25) is 0 Å². The lowest BCUT2D eigenvalue weighted by molar-refractivity contribution is 0.296. The van der Waals surface area contributed by atoms with Gasteiger partial charge < -0.3 is 14.8 Å². The van der Waals surface area contributed by atoms with E-state index in [4.69, 9.17) is 14.7 Å². The number of benzene rings is 2. The van der Waals surface area contributed by atoms with E-state index < -0.39 is 11.6 Å². The second kappa shape index (κ2) is 6.53. The molecular weight excluding hydrogens is 302 g/mol. The number of ether oxygens (including phenoxy) is 2.